The molecule has 82 valence electrons. The van der Waals surface area contributed by atoms with Crippen LogP contribution in [0.3, 0.4) is 0 Å². The zero-order chi connectivity index (χ0) is 10.8. The number of amides is 1. The molecule has 1 saturated heterocycles. The number of rotatable bonds is 1. The smallest absolute Gasteiger partial charge is 0.341 e. The summed E-state index contributed by atoms with van der Waals surface area (Å²) in [4.78, 5) is 10.4. The zero-order valence-corrected chi connectivity index (χ0v) is 7.20. The number of halogens is 4. The molecule has 2 N–H and O–H groups in total. The first kappa shape index (κ1) is 11.2. The van der Waals surface area contributed by atoms with Gasteiger partial charge in [0.25, 0.3) is 0 Å². The Bertz CT molecular complexity index is 218. The van der Waals surface area contributed by atoms with E-state index in [1.807, 2.05) is 0 Å². The first-order chi connectivity index (χ1) is 6.41. The SMILES string of the molecule is O=C(NC1CNCCC1F)C(F)(F)F. The normalized spacial score (nSPS) is 28.6. The molecule has 1 aliphatic rings. The van der Waals surface area contributed by atoms with Crippen LogP contribution < -0.4 is 10.6 Å². The van der Waals surface area contributed by atoms with Crippen LogP contribution in [0.1, 0.15) is 6.42 Å². The molecule has 2 atom stereocenters. The average Bonchev–Trinajstić information content (AvgIpc) is 2.07. The van der Waals surface area contributed by atoms with Gasteiger partial charge in [0.1, 0.15) is 6.17 Å². The summed E-state index contributed by atoms with van der Waals surface area (Å²) >= 11 is 0. The standard InChI is InChI=1S/C7H10F4N2O/c8-4-1-2-12-3-5(4)13-6(14)7(9,10)11/h4-5,12H,1-3H2,(H,13,14). The number of hydrogen-bond acceptors (Lipinski definition) is 2. The predicted molar refractivity (Wildman–Crippen MR) is 40.4 cm³/mol. The maximum absolute atomic E-state index is 13.0. The van der Waals surface area contributed by atoms with E-state index >= 15 is 0 Å². The Morgan fingerprint density at radius 2 is 2.07 bits per heavy atom. The topological polar surface area (TPSA) is 41.1 Å². The minimum Gasteiger partial charge on any atom is -0.341 e. The monoisotopic (exact) mass is 214 g/mol. The van der Waals surface area contributed by atoms with Crippen molar-refractivity contribution in [2.45, 2.75) is 24.8 Å². The Labute approximate surface area is 77.8 Å². The fourth-order valence-electron chi connectivity index (χ4n) is 1.22. The highest BCUT2D eigenvalue weighted by Gasteiger charge is 2.41. The number of hydrogen-bond donors (Lipinski definition) is 2. The molecular formula is C7H10F4N2O. The number of nitrogens with one attached hydrogen (secondary N) is 2. The van der Waals surface area contributed by atoms with Crippen molar-refractivity contribution < 1.29 is 22.4 Å². The van der Waals surface area contributed by atoms with E-state index < -0.39 is 24.3 Å². The van der Waals surface area contributed by atoms with Crippen LogP contribution in [0.25, 0.3) is 0 Å². The molecule has 0 aromatic carbocycles. The van der Waals surface area contributed by atoms with Gasteiger partial charge in [0.15, 0.2) is 0 Å². The second kappa shape index (κ2) is 4.12. The lowest BCUT2D eigenvalue weighted by atomic mass is 10.1. The zero-order valence-electron chi connectivity index (χ0n) is 7.20. The molecule has 0 aromatic rings. The van der Waals surface area contributed by atoms with Crippen molar-refractivity contribution in [2.75, 3.05) is 13.1 Å². The molecule has 2 unspecified atom stereocenters. The van der Waals surface area contributed by atoms with Gasteiger partial charge in [-0.3, -0.25) is 4.79 Å². The van der Waals surface area contributed by atoms with Crippen LogP contribution in [0.15, 0.2) is 0 Å². The van der Waals surface area contributed by atoms with E-state index in [9.17, 15) is 22.4 Å². The Morgan fingerprint density at radius 3 is 2.57 bits per heavy atom. The van der Waals surface area contributed by atoms with Crippen molar-refractivity contribution in [2.24, 2.45) is 0 Å². The second-order valence-electron chi connectivity index (χ2n) is 3.09. The minimum absolute atomic E-state index is 0.0307. The predicted octanol–water partition coefficient (Wildman–Crippen LogP) is 0.365. The molecule has 0 aliphatic carbocycles. The molecule has 1 amide bonds. The van der Waals surface area contributed by atoms with Crippen LogP contribution in [0.4, 0.5) is 17.6 Å². The van der Waals surface area contributed by atoms with E-state index in [1.54, 1.807) is 5.32 Å². The molecule has 0 spiro atoms. The Morgan fingerprint density at radius 1 is 1.43 bits per heavy atom. The second-order valence-corrected chi connectivity index (χ2v) is 3.09. The maximum Gasteiger partial charge on any atom is 0.471 e. The summed E-state index contributed by atoms with van der Waals surface area (Å²) < 4.78 is 48.3. The van der Waals surface area contributed by atoms with E-state index in [1.165, 1.54) is 0 Å². The van der Waals surface area contributed by atoms with Crippen LogP contribution in [0.2, 0.25) is 0 Å². The number of piperidine rings is 1. The number of carbonyl (C=O) groups is 1. The van der Waals surface area contributed by atoms with E-state index in [2.05, 4.69) is 5.32 Å². The molecule has 1 fully saturated rings. The highest BCUT2D eigenvalue weighted by atomic mass is 19.4. The summed E-state index contributed by atoms with van der Waals surface area (Å²) in [5.41, 5.74) is 0. The quantitative estimate of drug-likeness (QED) is 0.619. The molecule has 14 heavy (non-hydrogen) atoms. The summed E-state index contributed by atoms with van der Waals surface area (Å²) in [5, 5.41) is 4.31. The third-order valence-corrected chi connectivity index (χ3v) is 1.97. The molecule has 1 rings (SSSR count). The minimum atomic E-state index is -4.95. The third-order valence-electron chi connectivity index (χ3n) is 1.97. The maximum atomic E-state index is 13.0. The van der Waals surface area contributed by atoms with Gasteiger partial charge in [-0.25, -0.2) is 4.39 Å². The van der Waals surface area contributed by atoms with Gasteiger partial charge in [-0.2, -0.15) is 13.2 Å². The Balaban J connectivity index is 2.46. The highest BCUT2D eigenvalue weighted by molar-refractivity contribution is 5.82. The highest BCUT2D eigenvalue weighted by Crippen LogP contribution is 2.16. The van der Waals surface area contributed by atoms with Crippen molar-refractivity contribution in [1.29, 1.82) is 0 Å². The Kier molecular flexibility index (Phi) is 3.30. The number of carbonyl (C=O) groups excluding carboxylic acids is 1. The first-order valence-corrected chi connectivity index (χ1v) is 4.13. The van der Waals surface area contributed by atoms with Gasteiger partial charge in [-0.1, -0.05) is 0 Å². The lowest BCUT2D eigenvalue weighted by Crippen LogP contribution is -2.54. The van der Waals surface area contributed by atoms with Crippen molar-refractivity contribution in [3.05, 3.63) is 0 Å². The van der Waals surface area contributed by atoms with Crippen LogP contribution in [-0.2, 0) is 4.79 Å². The summed E-state index contributed by atoms with van der Waals surface area (Å²) in [6, 6.07) is -1.09. The molecule has 3 nitrogen and oxygen atoms in total. The van der Waals surface area contributed by atoms with Crippen molar-refractivity contribution >= 4 is 5.91 Å². The summed E-state index contributed by atoms with van der Waals surface area (Å²) in [5.74, 6) is -2.09. The molecule has 0 aromatic heterocycles. The molecule has 7 heteroatoms. The molecular weight excluding hydrogens is 204 g/mol. The van der Waals surface area contributed by atoms with Crippen LogP contribution in [0, 0.1) is 0 Å². The van der Waals surface area contributed by atoms with Gasteiger partial charge in [-0.15, -0.1) is 0 Å². The molecule has 0 bridgehead atoms. The first-order valence-electron chi connectivity index (χ1n) is 4.13. The van der Waals surface area contributed by atoms with E-state index in [4.69, 9.17) is 0 Å². The summed E-state index contributed by atoms with van der Waals surface area (Å²) in [6.07, 6.45) is -6.25. The summed E-state index contributed by atoms with van der Waals surface area (Å²) in [7, 11) is 0. The third kappa shape index (κ3) is 2.83. The van der Waals surface area contributed by atoms with Gasteiger partial charge in [0, 0.05) is 6.54 Å². The van der Waals surface area contributed by atoms with E-state index in [0.717, 1.165) is 0 Å². The average molecular weight is 214 g/mol. The number of alkyl halides is 4. The van der Waals surface area contributed by atoms with E-state index in [-0.39, 0.29) is 13.0 Å². The van der Waals surface area contributed by atoms with Crippen LogP contribution in [-0.4, -0.2) is 37.4 Å². The van der Waals surface area contributed by atoms with Gasteiger partial charge < -0.3 is 10.6 Å². The van der Waals surface area contributed by atoms with Crippen LogP contribution in [0.5, 0.6) is 0 Å². The van der Waals surface area contributed by atoms with Crippen molar-refractivity contribution in [3.63, 3.8) is 0 Å². The van der Waals surface area contributed by atoms with Gasteiger partial charge in [0.05, 0.1) is 6.04 Å². The fourth-order valence-corrected chi connectivity index (χ4v) is 1.22. The van der Waals surface area contributed by atoms with Gasteiger partial charge in [-0.05, 0) is 13.0 Å². The molecule has 1 heterocycles. The largest absolute Gasteiger partial charge is 0.471 e. The van der Waals surface area contributed by atoms with Crippen molar-refractivity contribution in [1.82, 2.24) is 10.6 Å². The lowest BCUT2D eigenvalue weighted by molar-refractivity contribution is -0.174. The Hall–Kier alpha value is -0.850. The van der Waals surface area contributed by atoms with Gasteiger partial charge >= 0.3 is 12.1 Å². The molecule has 0 saturated carbocycles. The van der Waals surface area contributed by atoms with Gasteiger partial charge in [0.2, 0.25) is 0 Å². The lowest BCUT2D eigenvalue weighted by Gasteiger charge is -2.27. The van der Waals surface area contributed by atoms with Crippen LogP contribution >= 0.6 is 0 Å². The fraction of sp³-hybridized carbons (Fsp3) is 0.857. The van der Waals surface area contributed by atoms with Crippen molar-refractivity contribution in [3.8, 4) is 0 Å². The molecule has 0 radical (unpaired) electrons. The summed E-state index contributed by atoms with van der Waals surface area (Å²) in [6.45, 7) is 0.447. The van der Waals surface area contributed by atoms with E-state index in [0.29, 0.717) is 6.54 Å². The molecule has 1 aliphatic heterocycles.